The van der Waals surface area contributed by atoms with Gasteiger partial charge in [0, 0.05) is 17.6 Å². The summed E-state index contributed by atoms with van der Waals surface area (Å²) in [5.41, 5.74) is 0.999. The van der Waals surface area contributed by atoms with Crippen LogP contribution in [0, 0.1) is 0 Å². The number of aromatic nitrogens is 2. The highest BCUT2D eigenvalue weighted by Crippen LogP contribution is 2.37. The van der Waals surface area contributed by atoms with Gasteiger partial charge in [0.15, 0.2) is 6.29 Å². The van der Waals surface area contributed by atoms with Gasteiger partial charge in [-0.05, 0) is 69.9 Å². The summed E-state index contributed by atoms with van der Waals surface area (Å²) in [4.78, 5) is 10.6. The molecule has 2 saturated carbocycles. The summed E-state index contributed by atoms with van der Waals surface area (Å²) in [5, 5.41) is 11.1. The number of carbonyl (C=O) groups is 1. The predicted octanol–water partition coefficient (Wildman–Crippen LogP) is 1.30. The van der Waals surface area contributed by atoms with Crippen molar-refractivity contribution in [2.75, 3.05) is 19.8 Å². The highest BCUT2D eigenvalue weighted by molar-refractivity contribution is 7.90. The molecule has 0 spiro atoms. The van der Waals surface area contributed by atoms with Crippen LogP contribution in [0.25, 0.3) is 0 Å². The van der Waals surface area contributed by atoms with Crippen molar-refractivity contribution in [2.45, 2.75) is 80.7 Å². The van der Waals surface area contributed by atoms with E-state index in [0.29, 0.717) is 24.7 Å². The van der Waals surface area contributed by atoms with E-state index in [0.717, 1.165) is 63.5 Å². The number of rotatable bonds is 10. The van der Waals surface area contributed by atoms with Gasteiger partial charge in [-0.2, -0.15) is 5.10 Å². The van der Waals surface area contributed by atoms with Crippen molar-refractivity contribution in [3.63, 3.8) is 0 Å². The van der Waals surface area contributed by atoms with E-state index in [9.17, 15) is 13.2 Å². The summed E-state index contributed by atoms with van der Waals surface area (Å²) in [6, 6.07) is 1.82. The first-order valence-electron chi connectivity index (χ1n) is 11.3. The molecule has 3 aliphatic rings. The van der Waals surface area contributed by atoms with Crippen molar-refractivity contribution in [1.82, 2.24) is 20.2 Å². The van der Waals surface area contributed by atoms with Crippen molar-refractivity contribution in [3.8, 4) is 5.88 Å². The number of nitrogens with zero attached hydrogens (tertiary/aromatic N) is 2. The molecule has 1 aromatic heterocycles. The molecule has 1 aromatic rings. The zero-order valence-corrected chi connectivity index (χ0v) is 18.6. The van der Waals surface area contributed by atoms with E-state index in [1.807, 2.05) is 6.07 Å². The van der Waals surface area contributed by atoms with Crippen LogP contribution in [-0.4, -0.2) is 68.1 Å². The summed E-state index contributed by atoms with van der Waals surface area (Å²) in [6.07, 6.45) is 9.62. The van der Waals surface area contributed by atoms with Crippen LogP contribution < -0.4 is 14.8 Å². The predicted molar refractivity (Wildman–Crippen MR) is 114 cm³/mol. The first-order chi connectivity index (χ1) is 15.1. The Kier molecular flexibility index (Phi) is 7.52. The Labute approximate surface area is 183 Å². The molecule has 0 aromatic carbocycles. The quantitative estimate of drug-likeness (QED) is 0.510. The SMILES string of the molecule is O=CCOc1nnccc1[C@H]1CC[C@@H](OC[C@@H]2NCCC[C@@H]2NS(=O)(=O)C2CC2)CC1. The van der Waals surface area contributed by atoms with Gasteiger partial charge in [-0.25, -0.2) is 13.1 Å². The Hall–Kier alpha value is -1.62. The molecule has 2 N–H and O–H groups in total. The minimum Gasteiger partial charge on any atom is -0.469 e. The lowest BCUT2D eigenvalue weighted by Gasteiger charge is -2.35. The third-order valence-electron chi connectivity index (χ3n) is 6.49. The van der Waals surface area contributed by atoms with Crippen molar-refractivity contribution >= 4 is 16.3 Å². The minimum atomic E-state index is -3.20. The van der Waals surface area contributed by atoms with Gasteiger partial charge >= 0.3 is 0 Å². The van der Waals surface area contributed by atoms with Gasteiger partial charge in [-0.1, -0.05) is 0 Å². The van der Waals surface area contributed by atoms with E-state index in [-0.39, 0.29) is 30.0 Å². The second-order valence-electron chi connectivity index (χ2n) is 8.75. The molecule has 10 heteroatoms. The van der Waals surface area contributed by atoms with Crippen LogP contribution >= 0.6 is 0 Å². The Morgan fingerprint density at radius 1 is 1.16 bits per heavy atom. The van der Waals surface area contributed by atoms with Crippen LogP contribution in [0.2, 0.25) is 0 Å². The maximum Gasteiger partial charge on any atom is 0.237 e. The van der Waals surface area contributed by atoms with Crippen molar-refractivity contribution in [1.29, 1.82) is 0 Å². The van der Waals surface area contributed by atoms with Gasteiger partial charge < -0.3 is 14.8 Å². The molecule has 9 nitrogen and oxygen atoms in total. The lowest BCUT2D eigenvalue weighted by molar-refractivity contribution is -0.109. The van der Waals surface area contributed by atoms with Crippen molar-refractivity contribution in [2.24, 2.45) is 0 Å². The maximum atomic E-state index is 12.4. The summed E-state index contributed by atoms with van der Waals surface area (Å²) in [5.74, 6) is 0.749. The third-order valence-corrected chi connectivity index (χ3v) is 8.47. The molecular formula is C21H32N4O5S. The van der Waals surface area contributed by atoms with Gasteiger partial charge in [0.1, 0.15) is 6.61 Å². The highest BCUT2D eigenvalue weighted by atomic mass is 32.2. The average Bonchev–Trinajstić information content (AvgIpc) is 3.64. The third kappa shape index (κ3) is 6.00. The molecule has 0 bridgehead atoms. The van der Waals surface area contributed by atoms with Crippen LogP contribution in [0.4, 0.5) is 0 Å². The monoisotopic (exact) mass is 452 g/mol. The Balaban J connectivity index is 1.26. The standard InChI is InChI=1S/C21H32N4O5S/c26-12-13-29-21-18(9-11-23-24-21)15-3-5-16(6-4-15)30-14-20-19(2-1-10-22-20)25-31(27,28)17-7-8-17/h9,11-12,15-17,19-20,22,25H,1-8,10,13-14H2/t15-,16+,19-,20-/m0/s1. The van der Waals surface area contributed by atoms with Crippen molar-refractivity contribution < 1.29 is 22.7 Å². The first kappa shape index (κ1) is 22.6. The van der Waals surface area contributed by atoms with Crippen LogP contribution in [0.3, 0.4) is 0 Å². The second kappa shape index (κ2) is 10.3. The molecule has 2 heterocycles. The van der Waals surface area contributed by atoms with Gasteiger partial charge in [0.2, 0.25) is 15.9 Å². The van der Waals surface area contributed by atoms with Crippen LogP contribution in [0.15, 0.2) is 12.3 Å². The number of sulfonamides is 1. The number of carbonyl (C=O) groups excluding carboxylic acids is 1. The largest absolute Gasteiger partial charge is 0.469 e. The fourth-order valence-electron chi connectivity index (χ4n) is 4.60. The Morgan fingerprint density at radius 3 is 2.71 bits per heavy atom. The van der Waals surface area contributed by atoms with E-state index in [2.05, 4.69) is 20.2 Å². The highest BCUT2D eigenvalue weighted by Gasteiger charge is 2.39. The number of aldehydes is 1. The van der Waals surface area contributed by atoms with Gasteiger partial charge in [0.05, 0.1) is 24.2 Å². The number of ether oxygens (including phenoxy) is 2. The summed E-state index contributed by atoms with van der Waals surface area (Å²) < 4.78 is 39.3. The fourth-order valence-corrected chi connectivity index (χ4v) is 6.25. The molecule has 0 amide bonds. The molecule has 0 unspecified atom stereocenters. The fraction of sp³-hybridized carbons (Fsp3) is 0.762. The topological polar surface area (TPSA) is 120 Å². The molecule has 0 radical (unpaired) electrons. The molecule has 1 saturated heterocycles. The van der Waals surface area contributed by atoms with Gasteiger partial charge in [-0.15, -0.1) is 5.10 Å². The zero-order chi connectivity index (χ0) is 21.7. The molecule has 31 heavy (non-hydrogen) atoms. The van der Waals surface area contributed by atoms with Gasteiger partial charge in [-0.3, -0.25) is 4.79 Å². The molecule has 4 rings (SSSR count). The van der Waals surface area contributed by atoms with E-state index < -0.39 is 10.0 Å². The first-order valence-corrected chi connectivity index (χ1v) is 12.9. The molecule has 1 aliphatic heterocycles. The average molecular weight is 453 g/mol. The lowest BCUT2D eigenvalue weighted by Crippen LogP contribution is -2.56. The summed E-state index contributed by atoms with van der Waals surface area (Å²) in [7, 11) is -3.20. The molecule has 2 atom stereocenters. The Morgan fingerprint density at radius 2 is 1.97 bits per heavy atom. The maximum absolute atomic E-state index is 12.4. The molecular weight excluding hydrogens is 420 g/mol. The van der Waals surface area contributed by atoms with Crippen LogP contribution in [0.5, 0.6) is 5.88 Å². The summed E-state index contributed by atoms with van der Waals surface area (Å²) >= 11 is 0. The normalized spacial score (nSPS) is 29.4. The smallest absolute Gasteiger partial charge is 0.237 e. The number of hydrogen-bond donors (Lipinski definition) is 2. The zero-order valence-electron chi connectivity index (χ0n) is 17.7. The lowest BCUT2D eigenvalue weighted by atomic mass is 9.83. The Bertz CT molecular complexity index is 840. The summed E-state index contributed by atoms with van der Waals surface area (Å²) in [6.45, 7) is 1.38. The van der Waals surface area contributed by atoms with Crippen molar-refractivity contribution in [3.05, 3.63) is 17.8 Å². The van der Waals surface area contributed by atoms with Gasteiger partial charge in [0.25, 0.3) is 0 Å². The number of piperidine rings is 1. The van der Waals surface area contributed by atoms with Crippen LogP contribution in [-0.2, 0) is 19.6 Å². The minimum absolute atomic E-state index is 0.00717. The number of hydrogen-bond acceptors (Lipinski definition) is 8. The molecule has 172 valence electrons. The molecule has 2 aliphatic carbocycles. The van der Waals surface area contributed by atoms with E-state index in [1.165, 1.54) is 0 Å². The van der Waals surface area contributed by atoms with E-state index >= 15 is 0 Å². The second-order valence-corrected chi connectivity index (χ2v) is 10.7. The van der Waals surface area contributed by atoms with E-state index in [1.54, 1.807) is 6.20 Å². The van der Waals surface area contributed by atoms with Crippen LogP contribution in [0.1, 0.15) is 62.8 Å². The van der Waals surface area contributed by atoms with E-state index in [4.69, 9.17) is 9.47 Å². The number of nitrogens with one attached hydrogen (secondary N) is 2. The molecule has 3 fully saturated rings.